The normalized spacial score (nSPS) is 24.6. The molecule has 136 valence electrons. The van der Waals surface area contributed by atoms with Gasteiger partial charge in [-0.25, -0.2) is 0 Å². The first-order chi connectivity index (χ1) is 11.9. The number of carbonyl (C=O) groups excluding carboxylic acids is 1. The Balaban J connectivity index is 1.74. The molecule has 1 unspecified atom stereocenters. The molecule has 25 heavy (non-hydrogen) atoms. The molecular weight excluding hydrogens is 318 g/mol. The summed E-state index contributed by atoms with van der Waals surface area (Å²) in [5.74, 6) is -0.690. The third-order valence-electron chi connectivity index (χ3n) is 5.55. The number of carboxylic acid groups (broad SMARTS) is 1. The van der Waals surface area contributed by atoms with Crippen LogP contribution in [0.3, 0.4) is 0 Å². The number of carbonyl (C=O) groups is 2. The second-order valence-corrected chi connectivity index (χ2v) is 7.89. The second kappa shape index (κ2) is 6.65. The standard InChI is InChI=1S/C19H27N3O3/c1-15(2)5-7-19(17(24)25)6-3-11-21(13-19)16(23)18(8-9-18)14-22-12-4-10-20-22/h4-5,10,12H,3,6-9,11,13-14H2,1-2H3,(H,24,25). The van der Waals surface area contributed by atoms with Gasteiger partial charge in [0.15, 0.2) is 0 Å². The van der Waals surface area contributed by atoms with Gasteiger partial charge in [-0.1, -0.05) is 11.6 Å². The van der Waals surface area contributed by atoms with E-state index in [-0.39, 0.29) is 11.3 Å². The lowest BCUT2D eigenvalue weighted by molar-refractivity contribution is -0.156. The number of piperidine rings is 1. The molecule has 0 radical (unpaired) electrons. The number of hydrogen-bond donors (Lipinski definition) is 1. The molecule has 1 saturated carbocycles. The molecule has 1 aromatic heterocycles. The molecule has 0 spiro atoms. The van der Waals surface area contributed by atoms with Gasteiger partial charge >= 0.3 is 5.97 Å². The largest absolute Gasteiger partial charge is 0.481 e. The van der Waals surface area contributed by atoms with Gasteiger partial charge in [0.05, 0.1) is 17.4 Å². The van der Waals surface area contributed by atoms with Crippen LogP contribution in [0.1, 0.15) is 46.0 Å². The molecule has 1 saturated heterocycles. The Hall–Kier alpha value is -2.11. The van der Waals surface area contributed by atoms with E-state index >= 15 is 0 Å². The number of hydrogen-bond acceptors (Lipinski definition) is 3. The molecule has 2 heterocycles. The van der Waals surface area contributed by atoms with Crippen LogP contribution < -0.4 is 0 Å². The maximum atomic E-state index is 13.1. The number of rotatable bonds is 6. The molecular formula is C19H27N3O3. The number of carboxylic acids is 1. The summed E-state index contributed by atoms with van der Waals surface area (Å²) in [6.07, 6.45) is 9.15. The van der Waals surface area contributed by atoms with Crippen LogP contribution in [-0.2, 0) is 16.1 Å². The molecule has 1 aliphatic heterocycles. The van der Waals surface area contributed by atoms with Crippen LogP contribution >= 0.6 is 0 Å². The Kier molecular flexibility index (Phi) is 4.71. The highest BCUT2D eigenvalue weighted by Crippen LogP contribution is 2.49. The first-order valence-electron chi connectivity index (χ1n) is 9.01. The summed E-state index contributed by atoms with van der Waals surface area (Å²) in [5, 5.41) is 14.1. The number of amides is 1. The fourth-order valence-electron chi connectivity index (χ4n) is 3.76. The first-order valence-corrected chi connectivity index (χ1v) is 9.01. The van der Waals surface area contributed by atoms with Crippen LogP contribution in [0.2, 0.25) is 0 Å². The summed E-state index contributed by atoms with van der Waals surface area (Å²) >= 11 is 0. The van der Waals surface area contributed by atoms with Crippen molar-refractivity contribution in [2.45, 2.75) is 52.5 Å². The van der Waals surface area contributed by atoms with Crippen LogP contribution in [0.15, 0.2) is 30.1 Å². The van der Waals surface area contributed by atoms with Crippen molar-refractivity contribution in [2.24, 2.45) is 10.8 Å². The molecule has 1 atom stereocenters. The number of nitrogens with zero attached hydrogens (tertiary/aromatic N) is 3. The highest BCUT2D eigenvalue weighted by molar-refractivity contribution is 5.86. The van der Waals surface area contributed by atoms with E-state index in [0.29, 0.717) is 32.5 Å². The SMILES string of the molecule is CC(C)=CCC1(C(=O)O)CCCN(C(=O)C2(Cn3cccn3)CC2)C1. The van der Waals surface area contributed by atoms with Crippen molar-refractivity contribution in [3.63, 3.8) is 0 Å². The summed E-state index contributed by atoms with van der Waals surface area (Å²) in [7, 11) is 0. The van der Waals surface area contributed by atoms with Crippen molar-refractivity contribution in [1.82, 2.24) is 14.7 Å². The molecule has 3 rings (SSSR count). The van der Waals surface area contributed by atoms with Crippen molar-refractivity contribution in [2.75, 3.05) is 13.1 Å². The minimum Gasteiger partial charge on any atom is -0.481 e. The summed E-state index contributed by atoms with van der Waals surface area (Å²) in [6.45, 7) is 5.51. The lowest BCUT2D eigenvalue weighted by atomic mass is 9.76. The predicted octanol–water partition coefficient (Wildman–Crippen LogP) is 2.71. The highest BCUT2D eigenvalue weighted by atomic mass is 16.4. The summed E-state index contributed by atoms with van der Waals surface area (Å²) in [4.78, 5) is 26.9. The zero-order valence-corrected chi connectivity index (χ0v) is 15.1. The molecule has 2 aliphatic rings. The Morgan fingerprint density at radius 1 is 1.24 bits per heavy atom. The molecule has 2 fully saturated rings. The van der Waals surface area contributed by atoms with Gasteiger partial charge in [-0.05, 0) is 52.0 Å². The molecule has 1 N–H and O–H groups in total. The van der Waals surface area contributed by atoms with Crippen LogP contribution in [0.5, 0.6) is 0 Å². The highest BCUT2D eigenvalue weighted by Gasteiger charge is 2.54. The van der Waals surface area contributed by atoms with E-state index in [1.807, 2.05) is 36.9 Å². The maximum absolute atomic E-state index is 13.1. The van der Waals surface area contributed by atoms with E-state index < -0.39 is 11.4 Å². The zero-order chi connectivity index (χ0) is 18.1. The zero-order valence-electron chi connectivity index (χ0n) is 15.1. The quantitative estimate of drug-likeness (QED) is 0.805. The number of likely N-dealkylation sites (tertiary alicyclic amines) is 1. The van der Waals surface area contributed by atoms with E-state index in [9.17, 15) is 14.7 Å². The van der Waals surface area contributed by atoms with Gasteiger partial charge in [-0.2, -0.15) is 5.10 Å². The van der Waals surface area contributed by atoms with Crippen molar-refractivity contribution in [1.29, 1.82) is 0 Å². The van der Waals surface area contributed by atoms with Gasteiger partial charge in [0.1, 0.15) is 0 Å². The Morgan fingerprint density at radius 3 is 2.56 bits per heavy atom. The molecule has 1 aromatic rings. The van der Waals surface area contributed by atoms with Crippen LogP contribution in [0.4, 0.5) is 0 Å². The van der Waals surface area contributed by atoms with Gasteiger partial charge in [0.25, 0.3) is 0 Å². The number of aliphatic carboxylic acids is 1. The summed E-state index contributed by atoms with van der Waals surface area (Å²) < 4.78 is 1.81. The lowest BCUT2D eigenvalue weighted by Crippen LogP contribution is -2.52. The third-order valence-corrected chi connectivity index (χ3v) is 5.55. The Bertz CT molecular complexity index is 672. The molecule has 0 bridgehead atoms. The molecule has 6 heteroatoms. The molecule has 0 aromatic carbocycles. The average Bonchev–Trinajstić information content (AvgIpc) is 3.18. The maximum Gasteiger partial charge on any atom is 0.311 e. The van der Waals surface area contributed by atoms with Gasteiger partial charge in [0, 0.05) is 25.5 Å². The van der Waals surface area contributed by atoms with E-state index in [1.54, 1.807) is 11.1 Å². The third kappa shape index (κ3) is 3.62. The van der Waals surface area contributed by atoms with Crippen molar-refractivity contribution in [3.05, 3.63) is 30.1 Å². The predicted molar refractivity (Wildman–Crippen MR) is 93.8 cm³/mol. The minimum atomic E-state index is -0.854. The number of allylic oxidation sites excluding steroid dienone is 2. The average molecular weight is 345 g/mol. The molecule has 1 amide bonds. The van der Waals surface area contributed by atoms with E-state index in [4.69, 9.17) is 0 Å². The van der Waals surface area contributed by atoms with E-state index in [1.165, 1.54) is 0 Å². The van der Waals surface area contributed by atoms with E-state index in [2.05, 4.69) is 5.10 Å². The Morgan fingerprint density at radius 2 is 2.00 bits per heavy atom. The van der Waals surface area contributed by atoms with E-state index in [0.717, 1.165) is 24.8 Å². The van der Waals surface area contributed by atoms with Crippen LogP contribution in [0, 0.1) is 10.8 Å². The van der Waals surface area contributed by atoms with Gasteiger partial charge in [0.2, 0.25) is 5.91 Å². The number of aromatic nitrogens is 2. The minimum absolute atomic E-state index is 0.102. The van der Waals surface area contributed by atoms with Crippen LogP contribution in [-0.4, -0.2) is 44.8 Å². The monoisotopic (exact) mass is 345 g/mol. The van der Waals surface area contributed by atoms with Gasteiger partial charge < -0.3 is 10.0 Å². The van der Waals surface area contributed by atoms with Crippen molar-refractivity contribution >= 4 is 11.9 Å². The Labute approximate surface area is 148 Å². The molecule has 1 aliphatic carbocycles. The first kappa shape index (κ1) is 17.7. The lowest BCUT2D eigenvalue weighted by Gasteiger charge is -2.41. The van der Waals surface area contributed by atoms with Crippen molar-refractivity contribution < 1.29 is 14.7 Å². The van der Waals surface area contributed by atoms with Crippen molar-refractivity contribution in [3.8, 4) is 0 Å². The van der Waals surface area contributed by atoms with Gasteiger partial charge in [-0.3, -0.25) is 14.3 Å². The summed E-state index contributed by atoms with van der Waals surface area (Å²) in [6, 6.07) is 1.86. The summed E-state index contributed by atoms with van der Waals surface area (Å²) in [5.41, 5.74) is -0.127. The van der Waals surface area contributed by atoms with Crippen LogP contribution in [0.25, 0.3) is 0 Å². The fraction of sp³-hybridized carbons (Fsp3) is 0.632. The molecule has 6 nitrogen and oxygen atoms in total. The topological polar surface area (TPSA) is 75.4 Å². The fourth-order valence-corrected chi connectivity index (χ4v) is 3.76. The van der Waals surface area contributed by atoms with Gasteiger partial charge in [-0.15, -0.1) is 0 Å². The second-order valence-electron chi connectivity index (χ2n) is 7.89. The smallest absolute Gasteiger partial charge is 0.311 e.